The van der Waals surface area contributed by atoms with E-state index in [9.17, 15) is 9.59 Å². The van der Waals surface area contributed by atoms with Crippen molar-refractivity contribution in [1.82, 2.24) is 9.80 Å². The predicted molar refractivity (Wildman–Crippen MR) is 108 cm³/mol. The highest BCUT2D eigenvalue weighted by atomic mass is 32.1. The topological polar surface area (TPSA) is 49.9 Å². The van der Waals surface area contributed by atoms with Crippen molar-refractivity contribution < 1.29 is 14.3 Å². The summed E-state index contributed by atoms with van der Waals surface area (Å²) >= 11 is 1.52. The quantitative estimate of drug-likeness (QED) is 0.741. The molecule has 0 saturated carbocycles. The van der Waals surface area contributed by atoms with Crippen molar-refractivity contribution in [2.75, 3.05) is 32.8 Å². The molecule has 0 unspecified atom stereocenters. The van der Waals surface area contributed by atoms with Crippen LogP contribution in [0.2, 0.25) is 0 Å². The molecule has 1 fully saturated rings. The molecule has 5 nitrogen and oxygen atoms in total. The molecule has 2 aromatic rings. The third-order valence-corrected chi connectivity index (χ3v) is 5.17. The van der Waals surface area contributed by atoms with Crippen molar-refractivity contribution in [3.63, 3.8) is 0 Å². The summed E-state index contributed by atoms with van der Waals surface area (Å²) in [6, 6.07) is 9.51. The van der Waals surface area contributed by atoms with Crippen molar-refractivity contribution in [1.29, 1.82) is 0 Å². The summed E-state index contributed by atoms with van der Waals surface area (Å²) in [5.74, 6) is 0.783. The lowest BCUT2D eigenvalue weighted by atomic mass is 10.2. The number of amides is 2. The molecule has 27 heavy (non-hydrogen) atoms. The summed E-state index contributed by atoms with van der Waals surface area (Å²) in [4.78, 5) is 28.7. The fourth-order valence-corrected chi connectivity index (χ4v) is 3.71. The smallest absolute Gasteiger partial charge is 0.254 e. The lowest BCUT2D eigenvalue weighted by Crippen LogP contribution is -2.36. The van der Waals surface area contributed by atoms with E-state index in [0.29, 0.717) is 32.8 Å². The molecule has 0 atom stereocenters. The van der Waals surface area contributed by atoms with Crippen molar-refractivity contribution in [2.45, 2.75) is 13.3 Å². The summed E-state index contributed by atoms with van der Waals surface area (Å²) < 4.78 is 5.59. The van der Waals surface area contributed by atoms with Gasteiger partial charge in [0.1, 0.15) is 5.75 Å². The highest BCUT2D eigenvalue weighted by molar-refractivity contribution is 7.08. The number of thiophene rings is 1. The van der Waals surface area contributed by atoms with Crippen LogP contribution in [-0.2, 0) is 4.79 Å². The van der Waals surface area contributed by atoms with Gasteiger partial charge in [0.25, 0.3) is 5.91 Å². The van der Waals surface area contributed by atoms with Crippen LogP contribution in [0.1, 0.15) is 29.3 Å². The number of ether oxygens (including phenoxy) is 1. The Balaban J connectivity index is 1.60. The van der Waals surface area contributed by atoms with Crippen LogP contribution in [0.15, 0.2) is 47.2 Å². The molecule has 0 spiro atoms. The molecular weight excluding hydrogens is 360 g/mol. The number of rotatable bonds is 5. The molecule has 0 N–H and O–H groups in total. The van der Waals surface area contributed by atoms with Crippen molar-refractivity contribution in [3.05, 3.63) is 58.3 Å². The van der Waals surface area contributed by atoms with E-state index < -0.39 is 0 Å². The van der Waals surface area contributed by atoms with Crippen LogP contribution in [0.4, 0.5) is 0 Å². The third kappa shape index (κ3) is 4.98. The minimum Gasteiger partial charge on any atom is -0.493 e. The van der Waals surface area contributed by atoms with E-state index in [2.05, 4.69) is 0 Å². The minimum absolute atomic E-state index is 0.0360. The number of hydrogen-bond donors (Lipinski definition) is 0. The molecule has 142 valence electrons. The van der Waals surface area contributed by atoms with E-state index >= 15 is 0 Å². The lowest BCUT2D eigenvalue weighted by molar-refractivity contribution is -0.125. The number of carbonyl (C=O) groups excluding carboxylic acids is 2. The van der Waals surface area contributed by atoms with Gasteiger partial charge in [-0.2, -0.15) is 11.3 Å². The Morgan fingerprint density at radius 1 is 1.11 bits per heavy atom. The molecule has 0 bridgehead atoms. The van der Waals surface area contributed by atoms with Crippen LogP contribution in [-0.4, -0.2) is 54.4 Å². The second-order valence-corrected chi connectivity index (χ2v) is 7.07. The van der Waals surface area contributed by atoms with E-state index in [4.69, 9.17) is 4.74 Å². The zero-order chi connectivity index (χ0) is 19.1. The monoisotopic (exact) mass is 384 g/mol. The van der Waals surface area contributed by atoms with Gasteiger partial charge in [-0.15, -0.1) is 0 Å². The normalized spacial score (nSPS) is 15.0. The average Bonchev–Trinajstić information content (AvgIpc) is 3.11. The van der Waals surface area contributed by atoms with E-state index in [1.54, 1.807) is 17.1 Å². The Morgan fingerprint density at radius 2 is 1.89 bits per heavy atom. The highest BCUT2D eigenvalue weighted by Gasteiger charge is 2.22. The van der Waals surface area contributed by atoms with Crippen molar-refractivity contribution in [2.24, 2.45) is 0 Å². The molecule has 1 aliphatic rings. The third-order valence-electron chi connectivity index (χ3n) is 4.49. The minimum atomic E-state index is -0.0360. The van der Waals surface area contributed by atoms with Crippen LogP contribution >= 0.6 is 11.3 Å². The van der Waals surface area contributed by atoms with E-state index in [1.165, 1.54) is 11.3 Å². The predicted octanol–water partition coefficient (Wildman–Crippen LogP) is 3.53. The molecule has 0 radical (unpaired) electrons. The average molecular weight is 385 g/mol. The molecule has 0 aliphatic carbocycles. The number of benzene rings is 1. The van der Waals surface area contributed by atoms with Gasteiger partial charge in [-0.1, -0.05) is 18.2 Å². The molecule has 2 amide bonds. The van der Waals surface area contributed by atoms with E-state index in [1.807, 2.05) is 52.9 Å². The fourth-order valence-electron chi connectivity index (χ4n) is 3.08. The number of hydrogen-bond acceptors (Lipinski definition) is 4. The first-order valence-corrected chi connectivity index (χ1v) is 10.1. The maximum absolute atomic E-state index is 12.6. The Bertz CT molecular complexity index is 802. The van der Waals surface area contributed by atoms with Gasteiger partial charge in [-0.05, 0) is 36.9 Å². The zero-order valence-electron chi connectivity index (χ0n) is 15.5. The highest BCUT2D eigenvalue weighted by Crippen LogP contribution is 2.19. The largest absolute Gasteiger partial charge is 0.493 e. The van der Waals surface area contributed by atoms with Crippen LogP contribution in [0.25, 0.3) is 6.08 Å². The van der Waals surface area contributed by atoms with Gasteiger partial charge in [0.15, 0.2) is 0 Å². The molecule has 1 saturated heterocycles. The second kappa shape index (κ2) is 9.37. The van der Waals surface area contributed by atoms with Gasteiger partial charge < -0.3 is 14.5 Å². The van der Waals surface area contributed by atoms with Gasteiger partial charge in [-0.3, -0.25) is 9.59 Å². The molecule has 1 aromatic carbocycles. The molecule has 1 aliphatic heterocycles. The zero-order valence-corrected chi connectivity index (χ0v) is 16.3. The maximum Gasteiger partial charge on any atom is 0.254 e. The Hall–Kier alpha value is -2.60. The fraction of sp³-hybridized carbons (Fsp3) is 0.333. The number of para-hydroxylation sites is 1. The van der Waals surface area contributed by atoms with Crippen LogP contribution < -0.4 is 4.74 Å². The van der Waals surface area contributed by atoms with E-state index in [0.717, 1.165) is 23.3 Å². The van der Waals surface area contributed by atoms with Crippen LogP contribution in [0.3, 0.4) is 0 Å². The first-order valence-electron chi connectivity index (χ1n) is 9.19. The Kier molecular flexibility index (Phi) is 6.65. The Labute approximate surface area is 163 Å². The van der Waals surface area contributed by atoms with Crippen LogP contribution in [0, 0.1) is 0 Å². The van der Waals surface area contributed by atoms with Gasteiger partial charge in [0, 0.05) is 43.2 Å². The summed E-state index contributed by atoms with van der Waals surface area (Å²) in [5, 5.41) is 3.78. The van der Waals surface area contributed by atoms with Gasteiger partial charge in [-0.25, -0.2) is 0 Å². The second-order valence-electron chi connectivity index (χ2n) is 6.29. The standard InChI is InChI=1S/C21H24N2O3S/c1-2-26-19-7-4-3-6-17(19)8-9-20(24)22-11-5-12-23(14-13-22)21(25)18-10-15-27-16-18/h3-4,6-10,15-16H,2,5,11-14H2,1H3. The van der Waals surface area contributed by atoms with E-state index in [-0.39, 0.29) is 11.8 Å². The maximum atomic E-state index is 12.6. The molecular formula is C21H24N2O3S. The number of carbonyl (C=O) groups is 2. The SMILES string of the molecule is CCOc1ccccc1C=CC(=O)N1CCCN(C(=O)c2ccsc2)CC1. The molecule has 6 heteroatoms. The van der Waals surface area contributed by atoms with Crippen LogP contribution in [0.5, 0.6) is 5.75 Å². The van der Waals surface area contributed by atoms with Gasteiger partial charge >= 0.3 is 0 Å². The van der Waals surface area contributed by atoms with Crippen molar-refractivity contribution in [3.8, 4) is 5.75 Å². The summed E-state index contributed by atoms with van der Waals surface area (Å²) in [6.07, 6.45) is 4.17. The van der Waals surface area contributed by atoms with Crippen molar-refractivity contribution >= 4 is 29.2 Å². The number of nitrogens with zero attached hydrogens (tertiary/aromatic N) is 2. The van der Waals surface area contributed by atoms with Gasteiger partial charge in [0.2, 0.25) is 5.91 Å². The summed E-state index contributed by atoms with van der Waals surface area (Å²) in [6.45, 7) is 4.96. The summed E-state index contributed by atoms with van der Waals surface area (Å²) in [5.41, 5.74) is 1.61. The lowest BCUT2D eigenvalue weighted by Gasteiger charge is -2.21. The molecule has 3 rings (SSSR count). The first kappa shape index (κ1) is 19.2. The molecule has 2 heterocycles. The first-order chi connectivity index (χ1) is 13.2. The van der Waals surface area contributed by atoms with Gasteiger partial charge in [0.05, 0.1) is 12.2 Å². The summed E-state index contributed by atoms with van der Waals surface area (Å²) in [7, 11) is 0. The molecule has 1 aromatic heterocycles. The Morgan fingerprint density at radius 3 is 2.67 bits per heavy atom.